The van der Waals surface area contributed by atoms with Crippen LogP contribution in [0.25, 0.3) is 11.0 Å². The SMILES string of the molecule is CCCCc1oc2ccc(N)cc2c1C(=O)c1ccc(OCCN2CC(C)CC(C)C2)cc1. The van der Waals surface area contributed by atoms with E-state index in [0.717, 1.165) is 67.6 Å². The maximum atomic E-state index is 13.5. The number of rotatable bonds is 9. The molecule has 1 aliphatic rings. The van der Waals surface area contributed by atoms with Gasteiger partial charge in [0.2, 0.25) is 0 Å². The van der Waals surface area contributed by atoms with Gasteiger partial charge in [0.25, 0.3) is 0 Å². The number of hydrogen-bond acceptors (Lipinski definition) is 5. The quantitative estimate of drug-likeness (QED) is 0.324. The molecule has 33 heavy (non-hydrogen) atoms. The fraction of sp³-hybridized carbons (Fsp3) is 0.464. The van der Waals surface area contributed by atoms with Crippen LogP contribution < -0.4 is 10.5 Å². The summed E-state index contributed by atoms with van der Waals surface area (Å²) < 4.78 is 12.0. The number of ketones is 1. The highest BCUT2D eigenvalue weighted by atomic mass is 16.5. The first-order valence-corrected chi connectivity index (χ1v) is 12.3. The summed E-state index contributed by atoms with van der Waals surface area (Å²) in [5.41, 5.74) is 8.60. The Morgan fingerprint density at radius 2 is 1.85 bits per heavy atom. The predicted octanol–water partition coefficient (Wildman–Crippen LogP) is 5.95. The van der Waals surface area contributed by atoms with Crippen molar-refractivity contribution in [2.24, 2.45) is 11.8 Å². The first kappa shape index (κ1) is 23.4. The molecule has 4 rings (SSSR count). The fourth-order valence-electron chi connectivity index (χ4n) is 5.04. The van der Waals surface area contributed by atoms with Crippen LogP contribution >= 0.6 is 0 Å². The van der Waals surface area contributed by atoms with E-state index in [1.807, 2.05) is 36.4 Å². The Morgan fingerprint density at radius 1 is 1.12 bits per heavy atom. The van der Waals surface area contributed by atoms with Crippen LogP contribution in [0.1, 0.15) is 61.7 Å². The van der Waals surface area contributed by atoms with Gasteiger partial charge in [0.15, 0.2) is 5.78 Å². The Hall–Kier alpha value is -2.79. The lowest BCUT2D eigenvalue weighted by molar-refractivity contribution is 0.103. The second-order valence-electron chi connectivity index (χ2n) is 9.67. The average molecular weight is 449 g/mol. The van der Waals surface area contributed by atoms with Gasteiger partial charge in [-0.1, -0.05) is 27.2 Å². The number of piperidine rings is 1. The highest BCUT2D eigenvalue weighted by Crippen LogP contribution is 2.31. The number of furan rings is 1. The number of aryl methyl sites for hydroxylation is 1. The molecule has 1 aliphatic heterocycles. The first-order chi connectivity index (χ1) is 15.9. The standard InChI is InChI=1S/C28H36N2O3/c1-4-5-6-26-27(24-16-22(29)9-12-25(24)33-26)28(31)21-7-10-23(11-8-21)32-14-13-30-17-19(2)15-20(3)18-30/h7-12,16,19-20H,4-6,13-15,17-18,29H2,1-3H3. The largest absolute Gasteiger partial charge is 0.492 e. The van der Waals surface area contributed by atoms with Crippen LogP contribution in [0, 0.1) is 11.8 Å². The average Bonchev–Trinajstić information content (AvgIpc) is 3.14. The van der Waals surface area contributed by atoms with E-state index in [9.17, 15) is 4.79 Å². The van der Waals surface area contributed by atoms with Gasteiger partial charge in [-0.2, -0.15) is 0 Å². The molecule has 2 heterocycles. The van der Waals surface area contributed by atoms with Crippen molar-refractivity contribution in [1.29, 1.82) is 0 Å². The van der Waals surface area contributed by atoms with E-state index in [0.29, 0.717) is 29.0 Å². The third-order valence-electron chi connectivity index (χ3n) is 6.51. The van der Waals surface area contributed by atoms with E-state index in [1.54, 1.807) is 6.07 Å². The minimum absolute atomic E-state index is 0.0340. The van der Waals surface area contributed by atoms with E-state index < -0.39 is 0 Å². The van der Waals surface area contributed by atoms with Gasteiger partial charge in [-0.3, -0.25) is 9.69 Å². The third kappa shape index (κ3) is 5.59. The van der Waals surface area contributed by atoms with E-state index in [4.69, 9.17) is 14.9 Å². The molecule has 0 spiro atoms. The molecular formula is C28H36N2O3. The molecule has 0 aliphatic carbocycles. The van der Waals surface area contributed by atoms with Crippen molar-refractivity contribution in [3.05, 3.63) is 59.4 Å². The van der Waals surface area contributed by atoms with Crippen molar-refractivity contribution in [2.45, 2.75) is 46.5 Å². The Kier molecular flexibility index (Phi) is 7.39. The van der Waals surface area contributed by atoms with Crippen LogP contribution in [0.2, 0.25) is 0 Å². The van der Waals surface area contributed by atoms with Gasteiger partial charge >= 0.3 is 0 Å². The number of likely N-dealkylation sites (tertiary alicyclic amines) is 1. The van der Waals surface area contributed by atoms with Crippen molar-refractivity contribution in [3.63, 3.8) is 0 Å². The number of nitrogens with two attached hydrogens (primary N) is 1. The van der Waals surface area contributed by atoms with Crippen LogP contribution in [0.5, 0.6) is 5.75 Å². The molecule has 2 N–H and O–H groups in total. The van der Waals surface area contributed by atoms with Crippen molar-refractivity contribution >= 4 is 22.4 Å². The lowest BCUT2D eigenvalue weighted by atomic mass is 9.92. The lowest BCUT2D eigenvalue weighted by Gasteiger charge is -2.34. The second kappa shape index (κ2) is 10.4. The summed E-state index contributed by atoms with van der Waals surface area (Å²) >= 11 is 0. The van der Waals surface area contributed by atoms with Crippen molar-refractivity contribution < 1.29 is 13.9 Å². The number of carbonyl (C=O) groups is 1. The highest BCUT2D eigenvalue weighted by molar-refractivity contribution is 6.17. The van der Waals surface area contributed by atoms with Gasteiger partial charge < -0.3 is 14.9 Å². The van der Waals surface area contributed by atoms with Crippen molar-refractivity contribution in [1.82, 2.24) is 4.90 Å². The van der Waals surface area contributed by atoms with Crippen LogP contribution in [0.3, 0.4) is 0 Å². The number of nitrogen functional groups attached to an aromatic ring is 1. The minimum atomic E-state index is -0.0340. The Morgan fingerprint density at radius 3 is 2.55 bits per heavy atom. The van der Waals surface area contributed by atoms with E-state index in [2.05, 4.69) is 25.7 Å². The Labute approximate surface area is 196 Å². The van der Waals surface area contributed by atoms with E-state index >= 15 is 0 Å². The number of hydrogen-bond donors (Lipinski definition) is 1. The van der Waals surface area contributed by atoms with Gasteiger partial charge in [-0.05, 0) is 67.1 Å². The molecule has 5 nitrogen and oxygen atoms in total. The number of carbonyl (C=O) groups excluding carboxylic acids is 1. The molecule has 1 aromatic heterocycles. The summed E-state index contributed by atoms with van der Waals surface area (Å²) in [5, 5.41) is 0.788. The maximum absolute atomic E-state index is 13.5. The zero-order valence-electron chi connectivity index (χ0n) is 20.1. The molecule has 2 atom stereocenters. The molecule has 1 fully saturated rings. The van der Waals surface area contributed by atoms with E-state index in [1.165, 1.54) is 6.42 Å². The van der Waals surface area contributed by atoms with Crippen molar-refractivity contribution in [3.8, 4) is 5.75 Å². The first-order valence-electron chi connectivity index (χ1n) is 12.3. The van der Waals surface area contributed by atoms with Gasteiger partial charge in [0.1, 0.15) is 23.7 Å². The highest BCUT2D eigenvalue weighted by Gasteiger charge is 2.23. The zero-order chi connectivity index (χ0) is 23.4. The molecule has 3 aromatic rings. The van der Waals surface area contributed by atoms with Gasteiger partial charge in [-0.15, -0.1) is 0 Å². The Balaban J connectivity index is 1.45. The maximum Gasteiger partial charge on any atom is 0.197 e. The van der Waals surface area contributed by atoms with Crippen LogP contribution in [-0.2, 0) is 6.42 Å². The van der Waals surface area contributed by atoms with Gasteiger partial charge in [-0.25, -0.2) is 0 Å². The minimum Gasteiger partial charge on any atom is -0.492 e. The zero-order valence-corrected chi connectivity index (χ0v) is 20.1. The van der Waals surface area contributed by atoms with Crippen LogP contribution in [0.4, 0.5) is 5.69 Å². The molecule has 0 saturated carbocycles. The molecule has 2 aromatic carbocycles. The fourth-order valence-corrected chi connectivity index (χ4v) is 5.04. The molecule has 1 saturated heterocycles. The number of fused-ring (bicyclic) bond motifs is 1. The summed E-state index contributed by atoms with van der Waals surface area (Å²) in [5.74, 6) is 2.99. The van der Waals surface area contributed by atoms with Gasteiger partial charge in [0.05, 0.1) is 5.56 Å². The monoisotopic (exact) mass is 448 g/mol. The molecule has 5 heteroatoms. The van der Waals surface area contributed by atoms with E-state index in [-0.39, 0.29) is 5.78 Å². The molecule has 0 bridgehead atoms. The third-order valence-corrected chi connectivity index (χ3v) is 6.51. The summed E-state index contributed by atoms with van der Waals surface area (Å²) in [6.07, 6.45) is 4.05. The van der Waals surface area contributed by atoms with Gasteiger partial charge in [0, 0.05) is 42.7 Å². The number of unbranched alkanes of at least 4 members (excludes halogenated alkanes) is 1. The molecule has 2 unspecified atom stereocenters. The summed E-state index contributed by atoms with van der Waals surface area (Å²) in [4.78, 5) is 16.0. The van der Waals surface area contributed by atoms with Crippen LogP contribution in [0.15, 0.2) is 46.9 Å². The van der Waals surface area contributed by atoms with Crippen molar-refractivity contribution in [2.75, 3.05) is 32.0 Å². The molecule has 0 radical (unpaired) electrons. The smallest absolute Gasteiger partial charge is 0.197 e. The topological polar surface area (TPSA) is 68.7 Å². The number of benzene rings is 2. The normalized spacial score (nSPS) is 19.1. The molecule has 176 valence electrons. The summed E-state index contributed by atoms with van der Waals surface area (Å²) in [7, 11) is 0. The summed E-state index contributed by atoms with van der Waals surface area (Å²) in [6, 6.07) is 12.9. The summed E-state index contributed by atoms with van der Waals surface area (Å²) in [6.45, 7) is 10.6. The molecular weight excluding hydrogens is 412 g/mol. The predicted molar refractivity (Wildman–Crippen MR) is 134 cm³/mol. The number of anilines is 1. The number of ether oxygens (including phenoxy) is 1. The number of nitrogens with zero attached hydrogens (tertiary/aromatic N) is 1. The van der Waals surface area contributed by atoms with Crippen LogP contribution in [-0.4, -0.2) is 36.9 Å². The lowest BCUT2D eigenvalue weighted by Crippen LogP contribution is -2.40. The molecule has 0 amide bonds. The Bertz CT molecular complexity index is 1080. The second-order valence-corrected chi connectivity index (χ2v) is 9.67.